The number of aromatic nitrogens is 3. The van der Waals surface area contributed by atoms with Gasteiger partial charge in [0.05, 0.1) is 11.7 Å². The van der Waals surface area contributed by atoms with E-state index < -0.39 is 0 Å². The first-order valence-corrected chi connectivity index (χ1v) is 10.5. The highest BCUT2D eigenvalue weighted by Gasteiger charge is 2.25. The number of nitrogens with two attached hydrogens (primary N) is 1. The van der Waals surface area contributed by atoms with Gasteiger partial charge in [-0.05, 0) is 12.3 Å². The Hall–Kier alpha value is -2.22. The molecule has 0 fully saturated rings. The number of rotatable bonds is 4. The number of benzene rings is 1. The molecular formula is C21H26ClN5OS. The standard InChI is InChI=1S/C21H25N5OS.ClH/c1-13(2)18(22)20-23-17(12-28-20)21(27)26-10-8-15-16(9-11-26)24-25-19(15)14-6-4-3-5-7-14;/h3-7,12-13,18H,8-11,22H2,1-2H3,(H,24,25);1H/t18-;/m0./s1. The maximum atomic E-state index is 13.0. The van der Waals surface area contributed by atoms with E-state index in [0.29, 0.717) is 24.7 Å². The first kappa shape index (κ1) is 21.5. The number of carbonyl (C=O) groups is 1. The number of thiazole rings is 1. The zero-order valence-electron chi connectivity index (χ0n) is 16.6. The Morgan fingerprint density at radius 3 is 2.66 bits per heavy atom. The van der Waals surface area contributed by atoms with Gasteiger partial charge in [-0.25, -0.2) is 4.98 Å². The number of hydrogen-bond donors (Lipinski definition) is 2. The van der Waals surface area contributed by atoms with Crippen molar-refractivity contribution in [3.05, 3.63) is 57.7 Å². The molecular weight excluding hydrogens is 406 g/mol. The molecule has 4 rings (SSSR count). The van der Waals surface area contributed by atoms with E-state index in [1.165, 1.54) is 16.9 Å². The fourth-order valence-corrected chi connectivity index (χ4v) is 4.47. The lowest BCUT2D eigenvalue weighted by atomic mass is 10.0. The molecule has 3 heterocycles. The molecule has 8 heteroatoms. The van der Waals surface area contributed by atoms with E-state index in [9.17, 15) is 4.79 Å². The highest BCUT2D eigenvalue weighted by molar-refractivity contribution is 7.09. The van der Waals surface area contributed by atoms with E-state index in [-0.39, 0.29) is 24.4 Å². The van der Waals surface area contributed by atoms with E-state index in [2.05, 4.69) is 41.2 Å². The molecule has 0 saturated heterocycles. The molecule has 3 aromatic rings. The van der Waals surface area contributed by atoms with Crippen LogP contribution in [0.5, 0.6) is 0 Å². The van der Waals surface area contributed by atoms with Gasteiger partial charge >= 0.3 is 0 Å². The molecule has 1 atom stereocenters. The Labute approximate surface area is 180 Å². The minimum atomic E-state index is -0.130. The summed E-state index contributed by atoms with van der Waals surface area (Å²) in [5.41, 5.74) is 11.1. The lowest BCUT2D eigenvalue weighted by Crippen LogP contribution is -2.33. The van der Waals surface area contributed by atoms with Crippen LogP contribution in [0.15, 0.2) is 35.7 Å². The molecule has 1 amide bonds. The van der Waals surface area contributed by atoms with Gasteiger partial charge in [-0.15, -0.1) is 23.7 Å². The molecule has 0 aliphatic carbocycles. The van der Waals surface area contributed by atoms with Crippen LogP contribution in [0.2, 0.25) is 0 Å². The molecule has 0 spiro atoms. The largest absolute Gasteiger partial charge is 0.337 e. The van der Waals surface area contributed by atoms with E-state index in [1.807, 2.05) is 28.5 Å². The SMILES string of the molecule is CC(C)[C@H](N)c1nc(C(=O)N2CCc3[nH]nc(-c4ccccc4)c3CC2)cs1.Cl. The molecule has 0 radical (unpaired) electrons. The van der Waals surface area contributed by atoms with Crippen LogP contribution in [0.3, 0.4) is 0 Å². The summed E-state index contributed by atoms with van der Waals surface area (Å²) < 4.78 is 0. The van der Waals surface area contributed by atoms with Crippen molar-refractivity contribution in [2.75, 3.05) is 13.1 Å². The van der Waals surface area contributed by atoms with Crippen molar-refractivity contribution >= 4 is 29.7 Å². The predicted molar refractivity (Wildman–Crippen MR) is 118 cm³/mol. The van der Waals surface area contributed by atoms with Gasteiger partial charge in [-0.2, -0.15) is 5.10 Å². The van der Waals surface area contributed by atoms with Crippen molar-refractivity contribution in [1.29, 1.82) is 0 Å². The van der Waals surface area contributed by atoms with Crippen LogP contribution < -0.4 is 5.73 Å². The molecule has 1 aliphatic heterocycles. The molecule has 6 nitrogen and oxygen atoms in total. The van der Waals surface area contributed by atoms with Crippen LogP contribution in [-0.4, -0.2) is 39.1 Å². The molecule has 0 bridgehead atoms. The minimum absolute atomic E-state index is 0. The quantitative estimate of drug-likeness (QED) is 0.656. The zero-order valence-corrected chi connectivity index (χ0v) is 18.2. The number of halogens is 1. The fraction of sp³-hybridized carbons (Fsp3) is 0.381. The zero-order chi connectivity index (χ0) is 19.7. The summed E-state index contributed by atoms with van der Waals surface area (Å²) in [6.07, 6.45) is 1.55. The first-order valence-electron chi connectivity index (χ1n) is 9.66. The van der Waals surface area contributed by atoms with Crippen molar-refractivity contribution in [3.8, 4) is 11.3 Å². The second-order valence-electron chi connectivity index (χ2n) is 7.53. The lowest BCUT2D eigenvalue weighted by molar-refractivity contribution is 0.0757. The number of H-pyrrole nitrogens is 1. The second kappa shape index (κ2) is 9.07. The third-order valence-electron chi connectivity index (χ3n) is 5.30. The van der Waals surface area contributed by atoms with Gasteiger partial charge in [0.2, 0.25) is 0 Å². The summed E-state index contributed by atoms with van der Waals surface area (Å²) >= 11 is 1.47. The van der Waals surface area contributed by atoms with E-state index in [0.717, 1.165) is 34.8 Å². The van der Waals surface area contributed by atoms with Gasteiger partial charge in [-0.1, -0.05) is 44.2 Å². The Balaban J connectivity index is 0.00000240. The Morgan fingerprint density at radius 1 is 1.21 bits per heavy atom. The van der Waals surface area contributed by atoms with Crippen LogP contribution in [0.25, 0.3) is 11.3 Å². The van der Waals surface area contributed by atoms with E-state index in [1.54, 1.807) is 0 Å². The third kappa shape index (κ3) is 4.37. The maximum absolute atomic E-state index is 13.0. The number of hydrogen-bond acceptors (Lipinski definition) is 5. The van der Waals surface area contributed by atoms with Gasteiger partial charge in [0.15, 0.2) is 0 Å². The van der Waals surface area contributed by atoms with Crippen LogP contribution in [0.4, 0.5) is 0 Å². The van der Waals surface area contributed by atoms with Crippen LogP contribution >= 0.6 is 23.7 Å². The van der Waals surface area contributed by atoms with Crippen LogP contribution in [0, 0.1) is 5.92 Å². The average Bonchev–Trinajstić information content (AvgIpc) is 3.30. The number of fused-ring (bicyclic) bond motifs is 1. The highest BCUT2D eigenvalue weighted by Crippen LogP contribution is 2.27. The van der Waals surface area contributed by atoms with E-state index >= 15 is 0 Å². The summed E-state index contributed by atoms with van der Waals surface area (Å²) in [6.45, 7) is 5.45. The molecule has 1 aliphatic rings. The molecule has 0 saturated carbocycles. The lowest BCUT2D eigenvalue weighted by Gasteiger charge is -2.19. The summed E-state index contributed by atoms with van der Waals surface area (Å²) in [4.78, 5) is 19.4. The van der Waals surface area contributed by atoms with Crippen molar-refractivity contribution in [2.45, 2.75) is 32.7 Å². The molecule has 1 aromatic carbocycles. The number of carbonyl (C=O) groups excluding carboxylic acids is 1. The topological polar surface area (TPSA) is 87.9 Å². The van der Waals surface area contributed by atoms with Gasteiger partial charge in [-0.3, -0.25) is 9.89 Å². The smallest absolute Gasteiger partial charge is 0.273 e. The summed E-state index contributed by atoms with van der Waals surface area (Å²) in [7, 11) is 0. The summed E-state index contributed by atoms with van der Waals surface area (Å²) in [6, 6.07) is 10.0. The second-order valence-corrected chi connectivity index (χ2v) is 8.42. The first-order chi connectivity index (χ1) is 13.5. The Morgan fingerprint density at radius 2 is 1.93 bits per heavy atom. The number of nitrogens with one attached hydrogen (secondary N) is 1. The van der Waals surface area contributed by atoms with Gasteiger partial charge in [0.25, 0.3) is 5.91 Å². The van der Waals surface area contributed by atoms with E-state index in [4.69, 9.17) is 5.73 Å². The maximum Gasteiger partial charge on any atom is 0.273 e. The Kier molecular flexibility index (Phi) is 6.72. The van der Waals surface area contributed by atoms with Crippen LogP contribution in [-0.2, 0) is 12.8 Å². The minimum Gasteiger partial charge on any atom is -0.337 e. The monoisotopic (exact) mass is 431 g/mol. The molecule has 0 unspecified atom stereocenters. The molecule has 2 aromatic heterocycles. The van der Waals surface area contributed by atoms with Crippen molar-refractivity contribution in [2.24, 2.45) is 11.7 Å². The summed E-state index contributed by atoms with van der Waals surface area (Å²) in [5.74, 6) is 0.277. The highest BCUT2D eigenvalue weighted by atomic mass is 35.5. The van der Waals surface area contributed by atoms with Gasteiger partial charge < -0.3 is 10.6 Å². The van der Waals surface area contributed by atoms with Gasteiger partial charge in [0, 0.05) is 41.7 Å². The van der Waals surface area contributed by atoms with Crippen LogP contribution in [0.1, 0.15) is 46.6 Å². The number of amides is 1. The van der Waals surface area contributed by atoms with Crippen molar-refractivity contribution in [1.82, 2.24) is 20.1 Å². The number of aromatic amines is 1. The molecule has 154 valence electrons. The van der Waals surface area contributed by atoms with Crippen molar-refractivity contribution < 1.29 is 4.79 Å². The predicted octanol–water partition coefficient (Wildman–Crippen LogP) is 3.85. The van der Waals surface area contributed by atoms with Crippen molar-refractivity contribution in [3.63, 3.8) is 0 Å². The Bertz CT molecular complexity index is 969. The van der Waals surface area contributed by atoms with Gasteiger partial charge in [0.1, 0.15) is 10.7 Å². The normalized spacial score (nSPS) is 14.8. The third-order valence-corrected chi connectivity index (χ3v) is 6.24. The molecule has 3 N–H and O–H groups in total. The fourth-order valence-electron chi connectivity index (χ4n) is 3.51. The summed E-state index contributed by atoms with van der Waals surface area (Å²) in [5, 5.41) is 10.4. The molecule has 29 heavy (non-hydrogen) atoms. The average molecular weight is 432 g/mol. The number of nitrogens with zero attached hydrogens (tertiary/aromatic N) is 3.